The number of nitrogens with zero attached hydrogens (tertiary/aromatic N) is 2. The number of ether oxygens (including phenoxy) is 4. The van der Waals surface area contributed by atoms with Gasteiger partial charge in [0.25, 0.3) is 10.0 Å². The minimum absolute atomic E-state index is 0.0179. The van der Waals surface area contributed by atoms with Gasteiger partial charge in [0, 0.05) is 30.7 Å². The summed E-state index contributed by atoms with van der Waals surface area (Å²) >= 11 is 6.03. The van der Waals surface area contributed by atoms with Gasteiger partial charge in [-0.15, -0.1) is 0 Å². The van der Waals surface area contributed by atoms with Crippen LogP contribution in [0.15, 0.2) is 65.6 Å². The fourth-order valence-corrected chi connectivity index (χ4v) is 5.75. The number of hydrogen-bond donors (Lipinski definition) is 1. The van der Waals surface area contributed by atoms with Crippen molar-refractivity contribution < 1.29 is 37.0 Å². The predicted octanol–water partition coefficient (Wildman–Crippen LogP) is 3.73. The topological polar surface area (TPSA) is 124 Å². The van der Waals surface area contributed by atoms with Gasteiger partial charge in [0.05, 0.1) is 39.0 Å². The van der Waals surface area contributed by atoms with Crippen molar-refractivity contribution in [3.8, 4) is 23.0 Å². The molecule has 0 heterocycles. The fourth-order valence-electron chi connectivity index (χ4n) is 4.19. The van der Waals surface area contributed by atoms with Crippen LogP contribution in [0.3, 0.4) is 0 Å². The number of nitrogens with one attached hydrogen (secondary N) is 1. The van der Waals surface area contributed by atoms with E-state index in [-0.39, 0.29) is 28.6 Å². The van der Waals surface area contributed by atoms with Gasteiger partial charge in [0.2, 0.25) is 11.8 Å². The van der Waals surface area contributed by atoms with E-state index >= 15 is 0 Å². The Labute approximate surface area is 250 Å². The molecule has 0 aliphatic heterocycles. The molecule has 1 atom stereocenters. The molecule has 0 bridgehead atoms. The van der Waals surface area contributed by atoms with Crippen LogP contribution >= 0.6 is 11.6 Å². The van der Waals surface area contributed by atoms with Crippen LogP contribution < -0.4 is 28.6 Å². The van der Waals surface area contributed by atoms with E-state index in [0.717, 1.165) is 4.31 Å². The van der Waals surface area contributed by atoms with Crippen molar-refractivity contribution in [2.24, 2.45) is 0 Å². The average Bonchev–Trinajstić information content (AvgIpc) is 3.01. The first-order valence-electron chi connectivity index (χ1n) is 12.7. The second kappa shape index (κ2) is 14.1. The molecule has 2 amide bonds. The lowest BCUT2D eigenvalue weighted by Gasteiger charge is -2.32. The molecule has 0 saturated heterocycles. The molecule has 0 fully saturated rings. The molecule has 0 aliphatic rings. The smallest absolute Gasteiger partial charge is 0.265 e. The van der Waals surface area contributed by atoms with Crippen molar-refractivity contribution >= 4 is 39.1 Å². The van der Waals surface area contributed by atoms with Crippen LogP contribution in [0.1, 0.15) is 12.5 Å². The fraction of sp³-hybridized carbons (Fsp3) is 0.310. The highest BCUT2D eigenvalue weighted by Crippen LogP contribution is 2.37. The van der Waals surface area contributed by atoms with Crippen LogP contribution in [0.2, 0.25) is 5.02 Å². The molecule has 0 aliphatic carbocycles. The zero-order valence-corrected chi connectivity index (χ0v) is 25.8. The molecule has 0 saturated carbocycles. The third-order valence-electron chi connectivity index (χ3n) is 6.56. The Morgan fingerprint density at radius 2 is 1.48 bits per heavy atom. The maximum atomic E-state index is 14.3. The van der Waals surface area contributed by atoms with Gasteiger partial charge in [-0.25, -0.2) is 8.42 Å². The maximum absolute atomic E-state index is 14.3. The Bertz CT molecular complexity index is 1520. The number of halogens is 1. The van der Waals surface area contributed by atoms with Crippen molar-refractivity contribution in [3.63, 3.8) is 0 Å². The first-order chi connectivity index (χ1) is 20.0. The average molecular weight is 620 g/mol. The molecule has 0 aromatic heterocycles. The highest BCUT2D eigenvalue weighted by molar-refractivity contribution is 7.92. The van der Waals surface area contributed by atoms with Gasteiger partial charge in [-0.05, 0) is 48.9 Å². The summed E-state index contributed by atoms with van der Waals surface area (Å²) in [6.45, 7) is 0.908. The van der Waals surface area contributed by atoms with Crippen LogP contribution in [-0.4, -0.2) is 73.2 Å². The minimum atomic E-state index is -4.43. The Morgan fingerprint density at radius 1 is 0.857 bits per heavy atom. The molecule has 13 heteroatoms. The van der Waals surface area contributed by atoms with Crippen LogP contribution in [0.25, 0.3) is 0 Å². The van der Waals surface area contributed by atoms with Crippen LogP contribution in [0, 0.1) is 0 Å². The summed E-state index contributed by atoms with van der Waals surface area (Å²) in [4.78, 5) is 27.8. The molecule has 11 nitrogen and oxygen atoms in total. The molecular weight excluding hydrogens is 586 g/mol. The summed E-state index contributed by atoms with van der Waals surface area (Å²) in [5, 5.41) is 3.05. The number of benzene rings is 3. The second-order valence-electron chi connectivity index (χ2n) is 9.00. The third-order valence-corrected chi connectivity index (χ3v) is 8.56. The van der Waals surface area contributed by atoms with E-state index in [9.17, 15) is 18.0 Å². The van der Waals surface area contributed by atoms with E-state index in [4.69, 9.17) is 30.5 Å². The summed E-state index contributed by atoms with van der Waals surface area (Å²) in [6.07, 6.45) is 0. The molecule has 0 radical (unpaired) electrons. The summed E-state index contributed by atoms with van der Waals surface area (Å²) in [5.41, 5.74) is 0.746. The molecule has 42 heavy (non-hydrogen) atoms. The Morgan fingerprint density at radius 3 is 2.05 bits per heavy atom. The van der Waals surface area contributed by atoms with E-state index in [1.165, 1.54) is 70.7 Å². The number of methoxy groups -OCH3 is 4. The van der Waals surface area contributed by atoms with Gasteiger partial charge in [0.15, 0.2) is 11.5 Å². The van der Waals surface area contributed by atoms with Crippen molar-refractivity contribution in [1.82, 2.24) is 10.2 Å². The first-order valence-corrected chi connectivity index (χ1v) is 14.5. The monoisotopic (exact) mass is 619 g/mol. The number of carbonyl (C=O) groups excluding carboxylic acids is 2. The van der Waals surface area contributed by atoms with Gasteiger partial charge in [-0.3, -0.25) is 13.9 Å². The molecule has 1 N–H and O–H groups in total. The van der Waals surface area contributed by atoms with E-state index in [0.29, 0.717) is 22.1 Å². The number of carbonyl (C=O) groups is 2. The Kier molecular flexibility index (Phi) is 10.9. The van der Waals surface area contributed by atoms with Crippen molar-refractivity contribution in [3.05, 3.63) is 71.2 Å². The summed E-state index contributed by atoms with van der Waals surface area (Å²) < 4.78 is 50.8. The molecule has 0 unspecified atom stereocenters. The van der Waals surface area contributed by atoms with Gasteiger partial charge >= 0.3 is 0 Å². The van der Waals surface area contributed by atoms with Gasteiger partial charge in [-0.2, -0.15) is 0 Å². The lowest BCUT2D eigenvalue weighted by atomic mass is 10.1. The molecule has 226 valence electrons. The van der Waals surface area contributed by atoms with Crippen molar-refractivity contribution in [2.75, 3.05) is 46.3 Å². The molecular formula is C29H34ClN3O8S. The highest BCUT2D eigenvalue weighted by atomic mass is 35.5. The Balaban J connectivity index is 2.17. The number of sulfonamides is 1. The number of anilines is 1. The minimum Gasteiger partial charge on any atom is -0.497 e. The van der Waals surface area contributed by atoms with E-state index in [1.54, 1.807) is 37.3 Å². The van der Waals surface area contributed by atoms with Gasteiger partial charge in [-0.1, -0.05) is 23.7 Å². The van der Waals surface area contributed by atoms with Crippen LogP contribution in [0.4, 0.5) is 5.69 Å². The summed E-state index contributed by atoms with van der Waals surface area (Å²) in [7, 11) is 2.66. The van der Waals surface area contributed by atoms with Gasteiger partial charge < -0.3 is 29.2 Å². The zero-order chi connectivity index (χ0) is 31.0. The predicted molar refractivity (Wildman–Crippen MR) is 159 cm³/mol. The van der Waals surface area contributed by atoms with Crippen LogP contribution in [-0.2, 0) is 26.2 Å². The molecule has 3 aromatic carbocycles. The zero-order valence-electron chi connectivity index (χ0n) is 24.2. The SMILES string of the molecule is CNC(=O)[C@@H](C)N(Cc1ccc(Cl)cc1)C(=O)CN(c1cc(OC)ccc1OC)S(=O)(=O)c1ccc(OC)c(OC)c1. The first kappa shape index (κ1) is 32.4. The largest absolute Gasteiger partial charge is 0.497 e. The normalized spacial score (nSPS) is 11.7. The quantitative estimate of drug-likeness (QED) is 0.307. The lowest BCUT2D eigenvalue weighted by molar-refractivity contribution is -0.139. The summed E-state index contributed by atoms with van der Waals surface area (Å²) in [5.74, 6) is -0.0500. The number of amides is 2. The maximum Gasteiger partial charge on any atom is 0.265 e. The van der Waals surface area contributed by atoms with E-state index < -0.39 is 34.4 Å². The van der Waals surface area contributed by atoms with E-state index in [1.807, 2.05) is 0 Å². The molecule has 3 aromatic rings. The Hall–Kier alpha value is -4.16. The highest BCUT2D eigenvalue weighted by Gasteiger charge is 2.34. The number of likely N-dealkylation sites (N-methyl/N-ethyl adjacent to an activating group) is 1. The van der Waals surface area contributed by atoms with Crippen LogP contribution in [0.5, 0.6) is 23.0 Å². The van der Waals surface area contributed by atoms with Crippen molar-refractivity contribution in [1.29, 1.82) is 0 Å². The molecule has 0 spiro atoms. The molecule has 3 rings (SSSR count). The number of hydrogen-bond acceptors (Lipinski definition) is 8. The van der Waals surface area contributed by atoms with Gasteiger partial charge in [0.1, 0.15) is 24.1 Å². The third kappa shape index (κ3) is 7.18. The lowest BCUT2D eigenvalue weighted by Crippen LogP contribution is -2.50. The van der Waals surface area contributed by atoms with Crippen molar-refractivity contribution in [2.45, 2.75) is 24.4 Å². The second-order valence-corrected chi connectivity index (χ2v) is 11.3. The standard InChI is InChI=1S/C29H34ClN3O8S/c1-19(29(35)31-2)32(17-20-7-9-21(30)10-8-20)28(34)18-33(24-15-22(38-3)11-13-25(24)39-4)42(36,37)23-12-14-26(40-5)27(16-23)41-6/h7-16,19H,17-18H2,1-6H3,(H,31,35)/t19-/m1/s1. The number of rotatable bonds is 13. The van der Waals surface area contributed by atoms with E-state index in [2.05, 4.69) is 5.32 Å². The summed E-state index contributed by atoms with van der Waals surface area (Å²) in [6, 6.07) is 14.5.